The van der Waals surface area contributed by atoms with Crippen molar-refractivity contribution in [2.24, 2.45) is 0 Å². The fourth-order valence-corrected chi connectivity index (χ4v) is 2.70. The van der Waals surface area contributed by atoms with E-state index in [-0.39, 0.29) is 0 Å². The molecule has 0 fully saturated rings. The molecule has 0 saturated heterocycles. The average molecular weight is 285 g/mol. The summed E-state index contributed by atoms with van der Waals surface area (Å²) in [6.07, 6.45) is 1.40. The lowest BCUT2D eigenvalue weighted by Gasteiger charge is -2.20. The lowest BCUT2D eigenvalue weighted by Crippen LogP contribution is -2.30. The van der Waals surface area contributed by atoms with Crippen LogP contribution in [0.15, 0.2) is 24.3 Å². The Kier molecular flexibility index (Phi) is 4.91. The highest BCUT2D eigenvalue weighted by atomic mass is 31.2. The second-order valence-corrected chi connectivity index (χ2v) is 7.25. The summed E-state index contributed by atoms with van der Waals surface area (Å²) in [6.45, 7) is 5.39. The van der Waals surface area contributed by atoms with Crippen LogP contribution in [0.3, 0.4) is 0 Å². The molecule has 0 radical (unpaired) electrons. The van der Waals surface area contributed by atoms with Crippen LogP contribution in [0.2, 0.25) is 0 Å². The second kappa shape index (κ2) is 5.87. The Hall–Kier alpha value is -1.16. The first kappa shape index (κ1) is 15.9. The molecule has 0 aromatic heterocycles. The topological polar surface area (TPSA) is 61.6 Å². The summed E-state index contributed by atoms with van der Waals surface area (Å²) in [5.74, 6) is 0. The largest absolute Gasteiger partial charge is 0.623 e. The summed E-state index contributed by atoms with van der Waals surface area (Å²) >= 11 is 0. The molecule has 0 aliphatic carbocycles. The van der Waals surface area contributed by atoms with E-state index in [0.717, 1.165) is 4.74 Å². The Balaban J connectivity index is 3.36. The van der Waals surface area contributed by atoms with Gasteiger partial charge in [0.1, 0.15) is 0 Å². The minimum atomic E-state index is -3.38. The van der Waals surface area contributed by atoms with E-state index < -0.39 is 13.1 Å². The smallest absolute Gasteiger partial charge is 0.361 e. The number of hydrogen-bond acceptors (Lipinski definition) is 4. The highest BCUT2D eigenvalue weighted by Crippen LogP contribution is 2.45. The van der Waals surface area contributed by atoms with E-state index in [1.165, 1.54) is 20.4 Å². The maximum Gasteiger partial charge on any atom is 0.361 e. The molecule has 0 spiro atoms. The van der Waals surface area contributed by atoms with Gasteiger partial charge in [-0.15, -0.1) is 0 Å². The normalized spacial score (nSPS) is 13.6. The van der Waals surface area contributed by atoms with E-state index >= 15 is 0 Å². The van der Waals surface area contributed by atoms with Crippen LogP contribution in [0.4, 0.5) is 0 Å². The Morgan fingerprint density at radius 1 is 1.21 bits per heavy atom. The summed E-state index contributed by atoms with van der Waals surface area (Å²) in [7, 11) is -0.738. The molecule has 0 unspecified atom stereocenters. The minimum Gasteiger partial charge on any atom is -0.623 e. The van der Waals surface area contributed by atoms with Crippen molar-refractivity contribution in [3.8, 4) is 0 Å². The maximum absolute atomic E-state index is 12.4. The first-order valence-corrected chi connectivity index (χ1v) is 7.41. The van der Waals surface area contributed by atoms with Crippen LogP contribution in [0.5, 0.6) is 0 Å². The first-order valence-electron chi connectivity index (χ1n) is 5.87. The van der Waals surface area contributed by atoms with Crippen molar-refractivity contribution in [2.75, 3.05) is 14.2 Å². The van der Waals surface area contributed by atoms with Crippen molar-refractivity contribution in [3.05, 3.63) is 35.0 Å². The van der Waals surface area contributed by atoms with Crippen molar-refractivity contribution >= 4 is 19.1 Å². The van der Waals surface area contributed by atoms with Gasteiger partial charge < -0.3 is 14.3 Å². The summed E-state index contributed by atoms with van der Waals surface area (Å²) in [6, 6.07) is 6.83. The van der Waals surface area contributed by atoms with E-state index in [4.69, 9.17) is 9.05 Å². The van der Waals surface area contributed by atoms with Crippen molar-refractivity contribution in [3.63, 3.8) is 0 Å². The molecule has 0 bridgehead atoms. The average Bonchev–Trinajstić information content (AvgIpc) is 2.37. The number of hydroxylamine groups is 1. The molecular formula is C13H20NO4P. The number of benzene rings is 1. The third-order valence-electron chi connectivity index (χ3n) is 2.63. The van der Waals surface area contributed by atoms with E-state index in [1.807, 2.05) is 0 Å². The van der Waals surface area contributed by atoms with Crippen LogP contribution in [-0.4, -0.2) is 30.7 Å². The zero-order chi connectivity index (χ0) is 14.7. The molecule has 0 aliphatic heterocycles. The van der Waals surface area contributed by atoms with E-state index in [2.05, 4.69) is 0 Å². The number of hydrogen-bond donors (Lipinski definition) is 0. The summed E-state index contributed by atoms with van der Waals surface area (Å²) < 4.78 is 23.2. The van der Waals surface area contributed by atoms with Crippen LogP contribution < -0.4 is 5.30 Å². The van der Waals surface area contributed by atoms with Gasteiger partial charge in [-0.05, 0) is 12.1 Å². The highest BCUT2D eigenvalue weighted by molar-refractivity contribution is 7.62. The van der Waals surface area contributed by atoms with Gasteiger partial charge in [0.05, 0.1) is 10.9 Å². The van der Waals surface area contributed by atoms with E-state index in [9.17, 15) is 9.77 Å². The molecule has 0 amide bonds. The predicted octanol–water partition coefficient (Wildman–Crippen LogP) is 2.53. The molecule has 0 atom stereocenters. The van der Waals surface area contributed by atoms with Gasteiger partial charge in [0.2, 0.25) is 0 Å². The molecule has 0 aliphatic rings. The third kappa shape index (κ3) is 3.66. The molecule has 106 valence electrons. The van der Waals surface area contributed by atoms with Crippen molar-refractivity contribution in [2.45, 2.75) is 26.3 Å². The van der Waals surface area contributed by atoms with Gasteiger partial charge >= 0.3 is 7.60 Å². The van der Waals surface area contributed by atoms with Gasteiger partial charge in [-0.25, -0.2) is 4.74 Å². The predicted molar refractivity (Wildman–Crippen MR) is 76.2 cm³/mol. The Morgan fingerprint density at radius 2 is 1.74 bits per heavy atom. The third-order valence-corrected chi connectivity index (χ3v) is 4.59. The fraction of sp³-hybridized carbons (Fsp3) is 0.462. The number of rotatable bonds is 4. The van der Waals surface area contributed by atoms with Crippen LogP contribution in [0.1, 0.15) is 26.3 Å². The minimum absolute atomic E-state index is 0.380. The number of nitrogens with zero attached hydrogens (tertiary/aromatic N) is 1. The van der Waals surface area contributed by atoms with E-state index in [1.54, 1.807) is 45.0 Å². The second-order valence-electron chi connectivity index (χ2n) is 5.05. The fourth-order valence-electron chi connectivity index (χ4n) is 1.44. The van der Waals surface area contributed by atoms with Crippen LogP contribution in [-0.2, 0) is 13.6 Å². The van der Waals surface area contributed by atoms with E-state index in [0.29, 0.717) is 10.9 Å². The summed E-state index contributed by atoms with van der Waals surface area (Å²) in [4.78, 5) is 0. The monoisotopic (exact) mass is 285 g/mol. The standard InChI is InChI=1S/C13H20NO4P/c1-13(2,3)14(15)10-11-8-6-7-9-12(11)19(16,17-4)18-5/h6-10H,1-5H3. The highest BCUT2D eigenvalue weighted by Gasteiger charge is 2.28. The zero-order valence-corrected chi connectivity index (χ0v) is 12.8. The molecule has 6 heteroatoms. The lowest BCUT2D eigenvalue weighted by atomic mass is 10.1. The molecular weight excluding hydrogens is 265 g/mol. The molecule has 0 heterocycles. The van der Waals surface area contributed by atoms with Gasteiger partial charge in [-0.2, -0.15) is 0 Å². The Bertz CT molecular complexity index is 512. The first-order chi connectivity index (χ1) is 8.74. The SMILES string of the molecule is COP(=O)(OC)c1ccccc1C=[N+]([O-])C(C)(C)C. The molecule has 1 rings (SSSR count). The molecule has 0 saturated carbocycles. The maximum atomic E-state index is 12.4. The molecule has 1 aromatic rings. The van der Waals surface area contributed by atoms with Crippen molar-refractivity contribution in [1.29, 1.82) is 0 Å². The molecule has 5 nitrogen and oxygen atoms in total. The quantitative estimate of drug-likeness (QED) is 0.280. The van der Waals surface area contributed by atoms with Gasteiger partial charge in [0.15, 0.2) is 11.8 Å². The Labute approximate surface area is 114 Å². The van der Waals surface area contributed by atoms with Gasteiger partial charge in [0, 0.05) is 35.0 Å². The Morgan fingerprint density at radius 3 is 2.21 bits per heavy atom. The van der Waals surface area contributed by atoms with Crippen LogP contribution in [0.25, 0.3) is 0 Å². The molecule has 0 N–H and O–H groups in total. The van der Waals surface area contributed by atoms with Crippen LogP contribution in [0, 0.1) is 5.21 Å². The van der Waals surface area contributed by atoms with Gasteiger partial charge in [0.25, 0.3) is 0 Å². The van der Waals surface area contributed by atoms with Crippen molar-refractivity contribution in [1.82, 2.24) is 0 Å². The molecule has 19 heavy (non-hydrogen) atoms. The van der Waals surface area contributed by atoms with Gasteiger partial charge in [-0.1, -0.05) is 12.1 Å². The summed E-state index contributed by atoms with van der Waals surface area (Å²) in [5, 5.41) is 12.4. The molecule has 1 aromatic carbocycles. The van der Waals surface area contributed by atoms with Crippen LogP contribution >= 0.6 is 7.60 Å². The van der Waals surface area contributed by atoms with Crippen molar-refractivity contribution < 1.29 is 18.4 Å². The zero-order valence-electron chi connectivity index (χ0n) is 11.9. The van der Waals surface area contributed by atoms with Gasteiger partial charge in [-0.3, -0.25) is 4.57 Å². The lowest BCUT2D eigenvalue weighted by molar-refractivity contribution is -0.530. The summed E-state index contributed by atoms with van der Waals surface area (Å²) in [5.41, 5.74) is -0.0449.